The number of hydrogen-bond acceptors (Lipinski definition) is 2. The van der Waals surface area contributed by atoms with Crippen molar-refractivity contribution in [3.63, 3.8) is 0 Å². The summed E-state index contributed by atoms with van der Waals surface area (Å²) in [6, 6.07) is 7.65. The predicted molar refractivity (Wildman–Crippen MR) is 80.9 cm³/mol. The third-order valence-electron chi connectivity index (χ3n) is 2.89. The first kappa shape index (κ1) is 16.0. The lowest BCUT2D eigenvalue weighted by atomic mass is 10.2. The van der Waals surface area contributed by atoms with E-state index in [0.29, 0.717) is 17.4 Å². The fourth-order valence-corrected chi connectivity index (χ4v) is 2.31. The molecule has 0 heterocycles. The van der Waals surface area contributed by atoms with E-state index in [1.165, 1.54) is 19.2 Å². The maximum absolute atomic E-state index is 13.9. The second kappa shape index (κ2) is 7.09. The van der Waals surface area contributed by atoms with Crippen molar-refractivity contribution in [3.8, 4) is 11.5 Å². The molecule has 0 atom stereocenters. The van der Waals surface area contributed by atoms with Crippen molar-refractivity contribution in [2.45, 2.75) is 12.5 Å². The zero-order valence-corrected chi connectivity index (χ0v) is 13.5. The Labute approximate surface area is 134 Å². The van der Waals surface area contributed by atoms with Crippen molar-refractivity contribution in [3.05, 3.63) is 57.6 Å². The van der Waals surface area contributed by atoms with Crippen LogP contribution in [0, 0.1) is 11.6 Å². The van der Waals surface area contributed by atoms with Crippen LogP contribution < -0.4 is 9.47 Å². The molecule has 0 saturated heterocycles. The quantitative estimate of drug-likeness (QED) is 0.536. The zero-order chi connectivity index (χ0) is 15.4. The molecule has 0 aliphatic heterocycles. The monoisotopic (exact) mass is 376 g/mol. The molecule has 2 nitrogen and oxygen atoms in total. The van der Waals surface area contributed by atoms with Crippen LogP contribution in [-0.2, 0) is 12.5 Å². The summed E-state index contributed by atoms with van der Waals surface area (Å²) < 4.78 is 38.4. The van der Waals surface area contributed by atoms with E-state index in [1.54, 1.807) is 18.2 Å². The Morgan fingerprint density at radius 1 is 1.14 bits per heavy atom. The van der Waals surface area contributed by atoms with Crippen molar-refractivity contribution in [1.29, 1.82) is 0 Å². The molecule has 0 fully saturated rings. The molecule has 112 valence electrons. The van der Waals surface area contributed by atoms with Crippen molar-refractivity contribution in [2.75, 3.05) is 7.11 Å². The molecule has 0 bridgehead atoms. The van der Waals surface area contributed by atoms with Crippen LogP contribution in [0.4, 0.5) is 8.78 Å². The van der Waals surface area contributed by atoms with Crippen LogP contribution in [0.15, 0.2) is 34.8 Å². The Morgan fingerprint density at radius 2 is 1.90 bits per heavy atom. The second-order valence-electron chi connectivity index (χ2n) is 4.23. The van der Waals surface area contributed by atoms with Crippen LogP contribution in [0.5, 0.6) is 11.5 Å². The van der Waals surface area contributed by atoms with E-state index in [0.717, 1.165) is 5.56 Å². The van der Waals surface area contributed by atoms with Gasteiger partial charge in [-0.25, -0.2) is 8.78 Å². The van der Waals surface area contributed by atoms with Gasteiger partial charge in [-0.2, -0.15) is 0 Å². The number of benzene rings is 2. The lowest BCUT2D eigenvalue weighted by molar-refractivity contribution is 0.273. The Kier molecular flexibility index (Phi) is 5.42. The third kappa shape index (κ3) is 3.66. The molecule has 0 unspecified atom stereocenters. The average Bonchev–Trinajstić information content (AvgIpc) is 2.50. The molecule has 0 aliphatic rings. The van der Waals surface area contributed by atoms with Crippen molar-refractivity contribution in [1.82, 2.24) is 0 Å². The van der Waals surface area contributed by atoms with E-state index in [4.69, 9.17) is 21.1 Å². The summed E-state index contributed by atoms with van der Waals surface area (Å²) in [5.74, 6) is -0.181. The van der Waals surface area contributed by atoms with Gasteiger partial charge in [0.15, 0.2) is 11.5 Å². The number of ether oxygens (including phenoxy) is 2. The first-order chi connectivity index (χ1) is 10.1. The maximum Gasteiger partial charge on any atom is 0.161 e. The van der Waals surface area contributed by atoms with Gasteiger partial charge in [0.05, 0.1) is 17.1 Å². The molecule has 0 aliphatic carbocycles. The normalized spacial score (nSPS) is 10.5. The van der Waals surface area contributed by atoms with Crippen LogP contribution >= 0.6 is 27.5 Å². The van der Waals surface area contributed by atoms with Crippen LogP contribution in [0.25, 0.3) is 0 Å². The molecular formula is C15H12BrClF2O2. The van der Waals surface area contributed by atoms with Crippen LogP contribution in [0.3, 0.4) is 0 Å². The maximum atomic E-state index is 13.9. The molecule has 0 N–H and O–H groups in total. The summed E-state index contributed by atoms with van der Waals surface area (Å²) in [6.07, 6.45) is 0. The summed E-state index contributed by atoms with van der Waals surface area (Å²) in [7, 11) is 1.49. The molecule has 2 aromatic rings. The molecule has 6 heteroatoms. The topological polar surface area (TPSA) is 18.5 Å². The van der Waals surface area contributed by atoms with Gasteiger partial charge in [0.25, 0.3) is 0 Å². The van der Waals surface area contributed by atoms with Crippen LogP contribution in [0.2, 0.25) is 0 Å². The van der Waals surface area contributed by atoms with Gasteiger partial charge in [-0.15, -0.1) is 11.6 Å². The third-order valence-corrected chi connectivity index (χ3v) is 3.81. The van der Waals surface area contributed by atoms with Gasteiger partial charge in [-0.1, -0.05) is 6.07 Å². The number of methoxy groups -OCH3 is 1. The molecule has 0 radical (unpaired) electrons. The minimum absolute atomic E-state index is 0.150. The Balaban J connectivity index is 2.26. The predicted octanol–water partition coefficient (Wildman–Crippen LogP) is 5.05. The van der Waals surface area contributed by atoms with Crippen LogP contribution in [0.1, 0.15) is 11.1 Å². The van der Waals surface area contributed by atoms with Gasteiger partial charge >= 0.3 is 0 Å². The minimum atomic E-state index is -0.678. The van der Waals surface area contributed by atoms with E-state index >= 15 is 0 Å². The summed E-state index contributed by atoms with van der Waals surface area (Å²) >= 11 is 8.78. The van der Waals surface area contributed by atoms with Gasteiger partial charge in [0.1, 0.15) is 18.2 Å². The number of rotatable bonds is 5. The van der Waals surface area contributed by atoms with E-state index in [9.17, 15) is 8.78 Å². The van der Waals surface area contributed by atoms with Gasteiger partial charge < -0.3 is 9.47 Å². The fraction of sp³-hybridized carbons (Fsp3) is 0.200. The van der Waals surface area contributed by atoms with Crippen molar-refractivity contribution >= 4 is 27.5 Å². The van der Waals surface area contributed by atoms with Gasteiger partial charge in [0.2, 0.25) is 0 Å². The SMILES string of the molecule is COc1ccc(CCl)cc1OCc1c(F)ccc(Br)c1F. The Hall–Kier alpha value is -1.33. The molecule has 0 aromatic heterocycles. The van der Waals surface area contributed by atoms with Crippen molar-refractivity contribution < 1.29 is 18.3 Å². The molecule has 0 spiro atoms. The standard InChI is InChI=1S/C15H12BrClF2O2/c1-20-13-5-2-9(7-17)6-14(13)21-8-10-12(18)4-3-11(16)15(10)19/h2-6H,7-8H2,1H3. The van der Waals surface area contributed by atoms with Gasteiger partial charge in [0, 0.05) is 5.88 Å². The highest BCUT2D eigenvalue weighted by Crippen LogP contribution is 2.30. The van der Waals surface area contributed by atoms with E-state index < -0.39 is 11.6 Å². The van der Waals surface area contributed by atoms with Crippen molar-refractivity contribution in [2.24, 2.45) is 0 Å². The Morgan fingerprint density at radius 3 is 2.57 bits per heavy atom. The van der Waals surface area contributed by atoms with E-state index in [1.807, 2.05) is 0 Å². The number of halogens is 4. The molecule has 2 rings (SSSR count). The summed E-state index contributed by atoms with van der Waals surface area (Å²) in [5, 5.41) is 0. The van der Waals surface area contributed by atoms with E-state index in [-0.39, 0.29) is 16.6 Å². The number of alkyl halides is 1. The largest absolute Gasteiger partial charge is 0.493 e. The average molecular weight is 378 g/mol. The summed E-state index contributed by atoms with van der Waals surface area (Å²) in [5.41, 5.74) is 0.672. The minimum Gasteiger partial charge on any atom is -0.493 e. The molecular weight excluding hydrogens is 366 g/mol. The summed E-state index contributed by atoms with van der Waals surface area (Å²) in [6.45, 7) is -0.251. The molecule has 0 saturated carbocycles. The first-order valence-electron chi connectivity index (χ1n) is 6.05. The van der Waals surface area contributed by atoms with Gasteiger partial charge in [-0.05, 0) is 45.8 Å². The Bertz CT molecular complexity index is 650. The molecule has 0 amide bonds. The second-order valence-corrected chi connectivity index (χ2v) is 5.35. The lowest BCUT2D eigenvalue weighted by Gasteiger charge is -2.13. The fourth-order valence-electron chi connectivity index (χ4n) is 1.77. The zero-order valence-electron chi connectivity index (χ0n) is 11.1. The smallest absolute Gasteiger partial charge is 0.161 e. The van der Waals surface area contributed by atoms with E-state index in [2.05, 4.69) is 15.9 Å². The number of hydrogen-bond donors (Lipinski definition) is 0. The highest BCUT2D eigenvalue weighted by atomic mass is 79.9. The lowest BCUT2D eigenvalue weighted by Crippen LogP contribution is -2.04. The summed E-state index contributed by atoms with van der Waals surface area (Å²) in [4.78, 5) is 0. The first-order valence-corrected chi connectivity index (χ1v) is 7.37. The highest BCUT2D eigenvalue weighted by Gasteiger charge is 2.14. The highest BCUT2D eigenvalue weighted by molar-refractivity contribution is 9.10. The molecule has 21 heavy (non-hydrogen) atoms. The van der Waals surface area contributed by atoms with Crippen LogP contribution in [-0.4, -0.2) is 7.11 Å². The molecule has 2 aromatic carbocycles. The van der Waals surface area contributed by atoms with Gasteiger partial charge in [-0.3, -0.25) is 0 Å².